The molecule has 2 aromatic heterocycles. The minimum atomic E-state index is 0.153. The number of hydrogen-bond donors (Lipinski definition) is 1. The molecule has 0 saturated carbocycles. The summed E-state index contributed by atoms with van der Waals surface area (Å²) in [6.07, 6.45) is 2.25. The van der Waals surface area contributed by atoms with Gasteiger partial charge in [-0.2, -0.15) is 0 Å². The summed E-state index contributed by atoms with van der Waals surface area (Å²) in [5.74, 6) is 0.909. The summed E-state index contributed by atoms with van der Waals surface area (Å²) >= 11 is 1.67. The summed E-state index contributed by atoms with van der Waals surface area (Å²) in [6.45, 7) is 4.05. The van der Waals surface area contributed by atoms with Gasteiger partial charge in [0.1, 0.15) is 5.69 Å². The van der Waals surface area contributed by atoms with Crippen molar-refractivity contribution in [3.05, 3.63) is 23.2 Å². The Morgan fingerprint density at radius 3 is 2.94 bits per heavy atom. The van der Waals surface area contributed by atoms with E-state index in [1.807, 2.05) is 22.4 Å². The third kappa shape index (κ3) is 1.97. The lowest BCUT2D eigenvalue weighted by Gasteiger charge is -2.29. The van der Waals surface area contributed by atoms with Gasteiger partial charge in [0, 0.05) is 13.1 Å². The number of hydrogen-bond acceptors (Lipinski definition) is 2. The van der Waals surface area contributed by atoms with E-state index < -0.39 is 0 Å². The second kappa shape index (κ2) is 4.18. The molecule has 2 aromatic rings. The second-order valence-electron chi connectivity index (χ2n) is 4.86. The van der Waals surface area contributed by atoms with Crippen LogP contribution in [0.5, 0.6) is 0 Å². The molecule has 0 aliphatic carbocycles. The van der Waals surface area contributed by atoms with Gasteiger partial charge in [0.25, 0.3) is 5.91 Å². The van der Waals surface area contributed by atoms with Crippen molar-refractivity contribution in [1.29, 1.82) is 0 Å². The Labute approximate surface area is 104 Å². The highest BCUT2D eigenvalue weighted by Gasteiger charge is 2.22. The Morgan fingerprint density at radius 1 is 1.47 bits per heavy atom. The van der Waals surface area contributed by atoms with Gasteiger partial charge in [0.05, 0.1) is 10.2 Å². The SMILES string of the molecule is CC1CCN(C(=O)c2cc3sccc3[nH]2)CC1. The quantitative estimate of drug-likeness (QED) is 0.827. The van der Waals surface area contributed by atoms with Crippen LogP contribution < -0.4 is 0 Å². The Balaban J connectivity index is 1.79. The average molecular weight is 248 g/mol. The summed E-state index contributed by atoms with van der Waals surface area (Å²) in [6, 6.07) is 4.00. The van der Waals surface area contributed by atoms with E-state index in [0.717, 1.165) is 43.1 Å². The molecular weight excluding hydrogens is 232 g/mol. The van der Waals surface area contributed by atoms with Crippen molar-refractivity contribution in [1.82, 2.24) is 9.88 Å². The number of carbonyl (C=O) groups excluding carboxylic acids is 1. The minimum absolute atomic E-state index is 0.153. The Morgan fingerprint density at radius 2 is 2.24 bits per heavy atom. The lowest BCUT2D eigenvalue weighted by molar-refractivity contribution is 0.0692. The fourth-order valence-corrected chi connectivity index (χ4v) is 3.13. The number of nitrogens with one attached hydrogen (secondary N) is 1. The molecule has 3 nitrogen and oxygen atoms in total. The third-order valence-corrected chi connectivity index (χ3v) is 4.41. The van der Waals surface area contributed by atoms with Crippen LogP contribution in [0.25, 0.3) is 10.2 Å². The molecule has 1 amide bonds. The zero-order valence-corrected chi connectivity index (χ0v) is 10.7. The lowest BCUT2D eigenvalue weighted by atomic mass is 9.99. The summed E-state index contributed by atoms with van der Waals surface area (Å²) in [4.78, 5) is 17.4. The first kappa shape index (κ1) is 10.8. The Bertz CT molecular complexity index is 506. The number of carbonyl (C=O) groups is 1. The maximum Gasteiger partial charge on any atom is 0.270 e. The summed E-state index contributed by atoms with van der Waals surface area (Å²) < 4.78 is 1.17. The molecule has 0 aromatic carbocycles. The van der Waals surface area contributed by atoms with Gasteiger partial charge in [0.15, 0.2) is 0 Å². The van der Waals surface area contributed by atoms with E-state index in [0.29, 0.717) is 0 Å². The number of thiophene rings is 1. The first-order valence-corrected chi connectivity index (χ1v) is 6.97. The topological polar surface area (TPSA) is 36.1 Å². The number of fused-ring (bicyclic) bond motifs is 1. The first-order valence-electron chi connectivity index (χ1n) is 6.09. The van der Waals surface area contributed by atoms with Crippen molar-refractivity contribution in [3.8, 4) is 0 Å². The van der Waals surface area contributed by atoms with E-state index in [1.165, 1.54) is 4.70 Å². The second-order valence-corrected chi connectivity index (χ2v) is 5.80. The molecule has 1 aliphatic rings. The highest BCUT2D eigenvalue weighted by Crippen LogP contribution is 2.23. The zero-order chi connectivity index (χ0) is 11.8. The van der Waals surface area contributed by atoms with E-state index >= 15 is 0 Å². The Hall–Kier alpha value is -1.29. The highest BCUT2D eigenvalue weighted by molar-refractivity contribution is 7.17. The number of rotatable bonds is 1. The van der Waals surface area contributed by atoms with Gasteiger partial charge in [-0.25, -0.2) is 0 Å². The van der Waals surface area contributed by atoms with E-state index in [4.69, 9.17) is 0 Å². The van der Waals surface area contributed by atoms with Gasteiger partial charge < -0.3 is 9.88 Å². The van der Waals surface area contributed by atoms with Gasteiger partial charge >= 0.3 is 0 Å². The number of H-pyrrole nitrogens is 1. The number of amides is 1. The molecule has 0 unspecified atom stereocenters. The molecule has 1 fully saturated rings. The molecule has 0 bridgehead atoms. The van der Waals surface area contributed by atoms with Crippen molar-refractivity contribution in [2.45, 2.75) is 19.8 Å². The van der Waals surface area contributed by atoms with Gasteiger partial charge in [0.2, 0.25) is 0 Å². The van der Waals surface area contributed by atoms with Crippen molar-refractivity contribution in [2.24, 2.45) is 5.92 Å². The standard InChI is InChI=1S/C13H16N2OS/c1-9-2-5-15(6-3-9)13(16)11-8-12-10(14-11)4-7-17-12/h4,7-9,14H,2-3,5-6H2,1H3. The summed E-state index contributed by atoms with van der Waals surface area (Å²) in [7, 11) is 0. The number of nitrogens with zero attached hydrogens (tertiary/aromatic N) is 1. The number of piperidine rings is 1. The fraction of sp³-hybridized carbons (Fsp3) is 0.462. The van der Waals surface area contributed by atoms with Crippen LogP contribution in [0.2, 0.25) is 0 Å². The number of aromatic nitrogens is 1. The molecule has 0 spiro atoms. The lowest BCUT2D eigenvalue weighted by Crippen LogP contribution is -2.38. The van der Waals surface area contributed by atoms with E-state index in [2.05, 4.69) is 11.9 Å². The number of likely N-dealkylation sites (tertiary alicyclic amines) is 1. The van der Waals surface area contributed by atoms with Crippen LogP contribution in [0.1, 0.15) is 30.3 Å². The average Bonchev–Trinajstić information content (AvgIpc) is 2.89. The van der Waals surface area contributed by atoms with Gasteiger partial charge in [-0.05, 0) is 36.3 Å². The highest BCUT2D eigenvalue weighted by atomic mass is 32.1. The predicted octanol–water partition coefficient (Wildman–Crippen LogP) is 3.10. The minimum Gasteiger partial charge on any atom is -0.350 e. The van der Waals surface area contributed by atoms with Crippen LogP contribution in [0, 0.1) is 5.92 Å². The fourth-order valence-electron chi connectivity index (χ4n) is 2.35. The normalized spacial score (nSPS) is 17.8. The zero-order valence-electron chi connectivity index (χ0n) is 9.90. The molecule has 17 heavy (non-hydrogen) atoms. The molecule has 3 rings (SSSR count). The maximum absolute atomic E-state index is 12.3. The van der Waals surface area contributed by atoms with Crippen molar-refractivity contribution in [2.75, 3.05) is 13.1 Å². The van der Waals surface area contributed by atoms with E-state index in [-0.39, 0.29) is 5.91 Å². The van der Waals surface area contributed by atoms with Crippen molar-refractivity contribution in [3.63, 3.8) is 0 Å². The molecule has 1 saturated heterocycles. The predicted molar refractivity (Wildman–Crippen MR) is 70.5 cm³/mol. The molecule has 4 heteroatoms. The third-order valence-electron chi connectivity index (χ3n) is 3.54. The first-order chi connectivity index (χ1) is 8.24. The van der Waals surface area contributed by atoms with E-state index in [1.54, 1.807) is 11.3 Å². The maximum atomic E-state index is 12.3. The molecule has 0 atom stereocenters. The van der Waals surface area contributed by atoms with Crippen molar-refractivity contribution < 1.29 is 4.79 Å². The van der Waals surface area contributed by atoms with Gasteiger partial charge in [-0.15, -0.1) is 11.3 Å². The summed E-state index contributed by atoms with van der Waals surface area (Å²) in [5.41, 5.74) is 1.81. The van der Waals surface area contributed by atoms with Gasteiger partial charge in [-0.1, -0.05) is 6.92 Å². The summed E-state index contributed by atoms with van der Waals surface area (Å²) in [5, 5.41) is 2.04. The molecule has 3 heterocycles. The van der Waals surface area contributed by atoms with E-state index in [9.17, 15) is 4.79 Å². The van der Waals surface area contributed by atoms with Crippen LogP contribution in [-0.2, 0) is 0 Å². The smallest absolute Gasteiger partial charge is 0.270 e. The molecular formula is C13H16N2OS. The molecule has 1 N–H and O–H groups in total. The van der Waals surface area contributed by atoms with Crippen LogP contribution in [-0.4, -0.2) is 28.9 Å². The molecule has 1 aliphatic heterocycles. The van der Waals surface area contributed by atoms with Gasteiger partial charge in [-0.3, -0.25) is 4.79 Å². The largest absolute Gasteiger partial charge is 0.350 e. The number of aromatic amines is 1. The molecule has 90 valence electrons. The monoisotopic (exact) mass is 248 g/mol. The molecule has 0 radical (unpaired) electrons. The van der Waals surface area contributed by atoms with Crippen LogP contribution in [0.4, 0.5) is 0 Å². The Kier molecular flexibility index (Phi) is 2.67. The van der Waals surface area contributed by atoms with Crippen molar-refractivity contribution >= 4 is 27.5 Å². The van der Waals surface area contributed by atoms with Crippen LogP contribution >= 0.6 is 11.3 Å². The van der Waals surface area contributed by atoms with Crippen LogP contribution in [0.15, 0.2) is 17.5 Å². The van der Waals surface area contributed by atoms with Crippen LogP contribution in [0.3, 0.4) is 0 Å².